The van der Waals surface area contributed by atoms with Crippen molar-refractivity contribution < 1.29 is 65.4 Å². The fourth-order valence-electron chi connectivity index (χ4n) is 5.91. The Balaban J connectivity index is -0.000000556. The van der Waals surface area contributed by atoms with Gasteiger partial charge in [0, 0.05) is 16.4 Å². The van der Waals surface area contributed by atoms with Crippen LogP contribution in [0.25, 0.3) is 17.2 Å². The van der Waals surface area contributed by atoms with Crippen LogP contribution in [0.2, 0.25) is 0 Å². The summed E-state index contributed by atoms with van der Waals surface area (Å²) < 4.78 is 0. The van der Waals surface area contributed by atoms with Gasteiger partial charge in [-0.2, -0.15) is 0 Å². The summed E-state index contributed by atoms with van der Waals surface area (Å²) in [5, 5.41) is 0. The SMILES string of the molecule is CC(C)c1cccc(C(C)C)c1C([NH-])=O.CC1=C(C)C(C)(C)C(C([NH-])=O)=C1C.CC1=C(C)C(C)(C)C(C([NH-])=O)=C1C.[Cl-].[Cl-].[Zr+2]. The Hall–Kier alpha value is -1.95. The minimum Gasteiger partial charge on any atom is -1.00 e. The van der Waals surface area contributed by atoms with Gasteiger partial charge in [-0.25, -0.2) is 0 Å². The number of nitrogens with one attached hydrogen (secondary N) is 3. The average Bonchev–Trinajstić information content (AvgIpc) is 3.10. The summed E-state index contributed by atoms with van der Waals surface area (Å²) in [5.74, 6) is -1.08. The Labute approximate surface area is 297 Å². The molecule has 2 aliphatic carbocycles. The van der Waals surface area contributed by atoms with E-state index in [9.17, 15) is 14.4 Å². The van der Waals surface area contributed by atoms with Crippen molar-refractivity contribution >= 4 is 17.7 Å². The van der Waals surface area contributed by atoms with E-state index in [1.165, 1.54) is 22.3 Å². The van der Waals surface area contributed by atoms with Crippen molar-refractivity contribution in [3.63, 3.8) is 0 Å². The van der Waals surface area contributed by atoms with E-state index in [4.69, 9.17) is 17.2 Å². The third-order valence-corrected chi connectivity index (χ3v) is 9.18. The molecule has 0 fully saturated rings. The molecule has 0 atom stereocenters. The predicted molar refractivity (Wildman–Crippen MR) is 172 cm³/mol. The molecule has 0 saturated heterocycles. The van der Waals surface area contributed by atoms with Crippen LogP contribution in [0, 0.1) is 10.8 Å². The molecule has 0 spiro atoms. The average molecular weight is 723 g/mol. The van der Waals surface area contributed by atoms with Crippen LogP contribution >= 0.6 is 0 Å². The van der Waals surface area contributed by atoms with Crippen LogP contribution < -0.4 is 24.8 Å². The third-order valence-electron chi connectivity index (χ3n) is 9.18. The van der Waals surface area contributed by atoms with E-state index >= 15 is 0 Å². The van der Waals surface area contributed by atoms with Crippen molar-refractivity contribution in [3.8, 4) is 0 Å². The summed E-state index contributed by atoms with van der Waals surface area (Å²) in [6.45, 7) is 28.2. The minimum absolute atomic E-state index is 0. The maximum absolute atomic E-state index is 11.4. The number of rotatable bonds is 5. The van der Waals surface area contributed by atoms with Gasteiger partial charge in [0.15, 0.2) is 0 Å². The molecule has 0 bridgehead atoms. The molecule has 0 aromatic heterocycles. The van der Waals surface area contributed by atoms with Crippen LogP contribution in [-0.2, 0) is 35.8 Å². The van der Waals surface area contributed by atoms with Crippen molar-refractivity contribution in [2.24, 2.45) is 10.8 Å². The molecule has 0 aliphatic heterocycles. The van der Waals surface area contributed by atoms with Gasteiger partial charge in [0.25, 0.3) is 0 Å². The van der Waals surface area contributed by atoms with E-state index in [0.717, 1.165) is 22.3 Å². The molecule has 6 nitrogen and oxygen atoms in total. The molecule has 244 valence electrons. The molecule has 9 heteroatoms. The van der Waals surface area contributed by atoms with E-state index < -0.39 is 17.7 Å². The third kappa shape index (κ3) is 9.53. The summed E-state index contributed by atoms with van der Waals surface area (Å²) in [6.07, 6.45) is 0. The zero-order valence-electron chi connectivity index (χ0n) is 28.9. The number of halogens is 2. The van der Waals surface area contributed by atoms with Gasteiger partial charge in [-0.15, -0.1) is 0 Å². The standard InChI is InChI=1S/C13H19NO.2C11H17NO.2ClH.Zr/c1-8(2)10-6-5-7-11(9(3)4)12(10)13(14)15;2*1-6-7(2)9(10(12)13)11(4,5)8(6)3;;;/h5-9H,1-4H3,(H2,14,15);2*1-5H3,(H2,12,13);2*1H;/q;;;;;+2/p-5. The number of amides is 3. The Morgan fingerprint density at radius 3 is 0.977 bits per heavy atom. The Morgan fingerprint density at radius 2 is 0.841 bits per heavy atom. The molecular formula is C35H50Cl2N3O3Zr-3. The first-order valence-electron chi connectivity index (χ1n) is 14.2. The minimum atomic E-state index is -0.567. The van der Waals surface area contributed by atoms with Crippen molar-refractivity contribution in [2.75, 3.05) is 0 Å². The van der Waals surface area contributed by atoms with Crippen molar-refractivity contribution in [1.29, 1.82) is 0 Å². The van der Waals surface area contributed by atoms with Crippen LogP contribution in [0.1, 0.15) is 130 Å². The maximum Gasteiger partial charge on any atom is 2.00 e. The Morgan fingerprint density at radius 1 is 0.568 bits per heavy atom. The van der Waals surface area contributed by atoms with Gasteiger partial charge in [0.05, 0.1) is 17.7 Å². The Bertz CT molecular complexity index is 1290. The first kappa shape index (κ1) is 46.5. The zero-order valence-corrected chi connectivity index (χ0v) is 32.8. The van der Waals surface area contributed by atoms with Crippen molar-refractivity contribution in [3.05, 3.63) is 96.7 Å². The second-order valence-electron chi connectivity index (χ2n) is 12.9. The first-order valence-corrected chi connectivity index (χ1v) is 14.2. The summed E-state index contributed by atoms with van der Waals surface area (Å²) in [6, 6.07) is 5.85. The fourth-order valence-corrected chi connectivity index (χ4v) is 5.91. The number of hydrogen-bond acceptors (Lipinski definition) is 3. The van der Waals surface area contributed by atoms with Gasteiger partial charge in [0.1, 0.15) is 0 Å². The molecule has 0 heterocycles. The van der Waals surface area contributed by atoms with E-state index in [2.05, 4.69) is 0 Å². The smallest absolute Gasteiger partial charge is 1.00 e. The van der Waals surface area contributed by atoms with Crippen LogP contribution in [-0.4, -0.2) is 17.7 Å². The number of carbonyl (C=O) groups excluding carboxylic acids is 3. The maximum atomic E-state index is 11.4. The van der Waals surface area contributed by atoms with Crippen LogP contribution in [0.4, 0.5) is 0 Å². The van der Waals surface area contributed by atoms with Gasteiger partial charge < -0.3 is 56.4 Å². The Kier molecular flexibility index (Phi) is 18.7. The van der Waals surface area contributed by atoms with E-state index in [-0.39, 0.29) is 73.7 Å². The summed E-state index contributed by atoms with van der Waals surface area (Å²) in [5.41, 5.74) is 31.9. The van der Waals surface area contributed by atoms with E-state index in [1.807, 2.05) is 115 Å². The topological polar surface area (TPSA) is 123 Å². The fraction of sp³-hybridized carbons (Fsp3) is 0.514. The van der Waals surface area contributed by atoms with Gasteiger partial charge >= 0.3 is 26.2 Å². The van der Waals surface area contributed by atoms with Gasteiger partial charge in [-0.1, -0.05) is 84.7 Å². The molecule has 0 unspecified atom stereocenters. The quantitative estimate of drug-likeness (QED) is 0.440. The van der Waals surface area contributed by atoms with Gasteiger partial charge in [-0.05, 0) is 97.9 Å². The summed E-state index contributed by atoms with van der Waals surface area (Å²) >= 11 is 0. The van der Waals surface area contributed by atoms with Crippen LogP contribution in [0.3, 0.4) is 0 Å². The largest absolute Gasteiger partial charge is 2.00 e. The number of carbonyl (C=O) groups is 3. The van der Waals surface area contributed by atoms with Crippen molar-refractivity contribution in [2.45, 2.75) is 109 Å². The predicted octanol–water partition coefficient (Wildman–Crippen LogP) is 4.65. The molecule has 44 heavy (non-hydrogen) atoms. The molecule has 3 N–H and O–H groups in total. The number of hydrogen-bond donors (Lipinski definition) is 0. The van der Waals surface area contributed by atoms with Gasteiger partial charge in [-0.3, -0.25) is 0 Å². The first-order chi connectivity index (χ1) is 18.5. The zero-order chi connectivity index (χ0) is 32.4. The molecule has 3 amide bonds. The van der Waals surface area contributed by atoms with Gasteiger partial charge in [0.2, 0.25) is 0 Å². The molecule has 1 aromatic carbocycles. The molecule has 0 radical (unpaired) electrons. The van der Waals surface area contributed by atoms with Crippen LogP contribution in [0.5, 0.6) is 0 Å². The molecular weight excluding hydrogens is 673 g/mol. The molecule has 2 aliphatic rings. The number of benzene rings is 1. The number of allylic oxidation sites excluding steroid dienone is 6. The summed E-state index contributed by atoms with van der Waals surface area (Å²) in [7, 11) is 0. The van der Waals surface area contributed by atoms with E-state index in [0.29, 0.717) is 16.7 Å². The monoisotopic (exact) mass is 720 g/mol. The normalized spacial score (nSPS) is 16.4. The second-order valence-corrected chi connectivity index (χ2v) is 12.9. The molecule has 1 aromatic rings. The van der Waals surface area contributed by atoms with Crippen LogP contribution in [0.15, 0.2) is 62.8 Å². The summed E-state index contributed by atoms with van der Waals surface area (Å²) in [4.78, 5) is 33.7. The molecule has 3 rings (SSSR count). The van der Waals surface area contributed by atoms with E-state index in [1.54, 1.807) is 0 Å². The second kappa shape index (κ2) is 17.7. The van der Waals surface area contributed by atoms with Crippen molar-refractivity contribution in [1.82, 2.24) is 0 Å². The molecule has 0 saturated carbocycles.